The Balaban J connectivity index is 1.33. The van der Waals surface area contributed by atoms with Crippen LogP contribution in [0.2, 0.25) is 0 Å². The molecule has 1 atom stereocenters. The van der Waals surface area contributed by atoms with Gasteiger partial charge in [-0.3, -0.25) is 0 Å². The fourth-order valence-corrected chi connectivity index (χ4v) is 5.18. The first-order valence-corrected chi connectivity index (χ1v) is 14.6. The van der Waals surface area contributed by atoms with Crippen LogP contribution in [0.4, 0.5) is 4.39 Å². The molecule has 7 nitrogen and oxygen atoms in total. The van der Waals surface area contributed by atoms with Crippen LogP contribution in [0, 0.1) is 11.7 Å². The van der Waals surface area contributed by atoms with E-state index in [2.05, 4.69) is 57.0 Å². The minimum atomic E-state index is -0.348. The van der Waals surface area contributed by atoms with Crippen molar-refractivity contribution >= 4 is 12.0 Å². The minimum Gasteiger partial charge on any atom is -0.497 e. The maximum Gasteiger partial charge on any atom is 0.337 e. The Bertz CT molecular complexity index is 1670. The molecule has 0 aliphatic heterocycles. The van der Waals surface area contributed by atoms with E-state index in [1.54, 1.807) is 25.3 Å². The van der Waals surface area contributed by atoms with E-state index in [4.69, 9.17) is 9.47 Å². The first-order valence-electron chi connectivity index (χ1n) is 14.6. The van der Waals surface area contributed by atoms with Crippen LogP contribution in [-0.2, 0) is 30.4 Å². The van der Waals surface area contributed by atoms with Crippen LogP contribution in [0.1, 0.15) is 44.6 Å². The van der Waals surface area contributed by atoms with Crippen LogP contribution >= 0.6 is 0 Å². The number of aromatic amines is 1. The van der Waals surface area contributed by atoms with Gasteiger partial charge in [-0.25, -0.2) is 9.18 Å². The Morgan fingerprint density at radius 3 is 2.25 bits per heavy atom. The molecule has 0 fully saturated rings. The van der Waals surface area contributed by atoms with Crippen LogP contribution in [0.5, 0.6) is 5.75 Å². The molecule has 8 heteroatoms. The number of nitrogens with one attached hydrogen (secondary N) is 1. The predicted octanol–water partition coefficient (Wildman–Crippen LogP) is 7.09. The molecular formula is C36H35FN4O3. The second-order valence-electron chi connectivity index (χ2n) is 10.7. The summed E-state index contributed by atoms with van der Waals surface area (Å²) in [6.45, 7) is 0. The number of allylic oxidation sites excluding steroid dienone is 1. The molecule has 0 amide bonds. The zero-order chi connectivity index (χ0) is 30.7. The molecule has 5 aromatic rings. The summed E-state index contributed by atoms with van der Waals surface area (Å²) in [5, 5.41) is 14.2. The monoisotopic (exact) mass is 590 g/mol. The van der Waals surface area contributed by atoms with Crippen molar-refractivity contribution in [3.05, 3.63) is 136 Å². The topological polar surface area (TPSA) is 90.0 Å². The summed E-state index contributed by atoms with van der Waals surface area (Å²) in [5.74, 6) is 0.964. The van der Waals surface area contributed by atoms with E-state index in [0.29, 0.717) is 11.4 Å². The molecule has 1 unspecified atom stereocenters. The maximum absolute atomic E-state index is 14.4. The number of ether oxygens (including phenoxy) is 2. The van der Waals surface area contributed by atoms with Crippen LogP contribution < -0.4 is 4.74 Å². The highest BCUT2D eigenvalue weighted by Crippen LogP contribution is 2.23. The maximum atomic E-state index is 14.4. The number of nitrogens with zero attached hydrogens (tertiary/aromatic N) is 3. The van der Waals surface area contributed by atoms with Gasteiger partial charge in [0.15, 0.2) is 0 Å². The average molecular weight is 591 g/mol. The molecule has 0 aliphatic rings. The lowest BCUT2D eigenvalue weighted by Gasteiger charge is -2.15. The van der Waals surface area contributed by atoms with Gasteiger partial charge in [-0.2, -0.15) is 5.21 Å². The van der Waals surface area contributed by atoms with E-state index in [-0.39, 0.29) is 17.7 Å². The molecule has 44 heavy (non-hydrogen) atoms. The number of halogens is 1. The molecule has 0 bridgehead atoms. The molecule has 0 saturated heterocycles. The first-order chi connectivity index (χ1) is 21.5. The van der Waals surface area contributed by atoms with Gasteiger partial charge in [0.2, 0.25) is 5.82 Å². The van der Waals surface area contributed by atoms with Crippen molar-refractivity contribution in [3.63, 3.8) is 0 Å². The number of H-pyrrole nitrogens is 1. The number of hydrogen-bond donors (Lipinski definition) is 1. The third-order valence-corrected chi connectivity index (χ3v) is 7.73. The third-order valence-electron chi connectivity index (χ3n) is 7.73. The molecule has 1 heterocycles. The van der Waals surface area contributed by atoms with Gasteiger partial charge in [0.1, 0.15) is 11.6 Å². The van der Waals surface area contributed by atoms with E-state index < -0.39 is 0 Å². The van der Waals surface area contributed by atoms with E-state index in [1.165, 1.54) is 24.3 Å². The smallest absolute Gasteiger partial charge is 0.337 e. The van der Waals surface area contributed by atoms with Crippen molar-refractivity contribution < 1.29 is 18.7 Å². The number of esters is 1. The van der Waals surface area contributed by atoms with Crippen molar-refractivity contribution in [2.24, 2.45) is 5.92 Å². The lowest BCUT2D eigenvalue weighted by Crippen LogP contribution is -2.05. The summed E-state index contributed by atoms with van der Waals surface area (Å²) in [6, 6.07) is 28.8. The lowest BCUT2D eigenvalue weighted by atomic mass is 9.90. The molecule has 0 radical (unpaired) electrons. The quantitative estimate of drug-likeness (QED) is 0.147. The van der Waals surface area contributed by atoms with Gasteiger partial charge in [0, 0.05) is 5.56 Å². The highest BCUT2D eigenvalue weighted by atomic mass is 19.1. The van der Waals surface area contributed by atoms with Gasteiger partial charge in [0.05, 0.1) is 19.8 Å². The number of benzene rings is 4. The molecule has 0 saturated carbocycles. The summed E-state index contributed by atoms with van der Waals surface area (Å²) >= 11 is 0. The number of carbonyl (C=O) groups excluding carboxylic acids is 1. The number of hydrogen-bond acceptors (Lipinski definition) is 6. The van der Waals surface area contributed by atoms with Crippen molar-refractivity contribution in [3.8, 4) is 17.1 Å². The Morgan fingerprint density at radius 2 is 1.57 bits per heavy atom. The zero-order valence-corrected chi connectivity index (χ0v) is 24.9. The first kappa shape index (κ1) is 30.4. The van der Waals surface area contributed by atoms with Gasteiger partial charge >= 0.3 is 5.97 Å². The molecule has 1 N–H and O–H groups in total. The number of tetrazole rings is 1. The summed E-state index contributed by atoms with van der Waals surface area (Å²) in [4.78, 5) is 11.8. The van der Waals surface area contributed by atoms with E-state index in [0.717, 1.165) is 60.1 Å². The zero-order valence-electron chi connectivity index (χ0n) is 24.9. The van der Waals surface area contributed by atoms with Crippen molar-refractivity contribution in [2.75, 3.05) is 14.2 Å². The summed E-state index contributed by atoms with van der Waals surface area (Å²) in [5.41, 5.74) is 6.91. The van der Waals surface area contributed by atoms with Gasteiger partial charge in [-0.15, -0.1) is 10.2 Å². The fourth-order valence-electron chi connectivity index (χ4n) is 5.18. The van der Waals surface area contributed by atoms with Crippen molar-refractivity contribution in [2.45, 2.75) is 32.1 Å². The molecule has 1 aromatic heterocycles. The van der Waals surface area contributed by atoms with E-state index in [9.17, 15) is 9.18 Å². The largest absolute Gasteiger partial charge is 0.497 e. The van der Waals surface area contributed by atoms with E-state index in [1.807, 2.05) is 42.5 Å². The minimum absolute atomic E-state index is 0.184. The van der Waals surface area contributed by atoms with Crippen LogP contribution in [-0.4, -0.2) is 40.8 Å². The molecule has 5 rings (SSSR count). The molecule has 0 spiro atoms. The predicted molar refractivity (Wildman–Crippen MR) is 169 cm³/mol. The van der Waals surface area contributed by atoms with E-state index >= 15 is 0 Å². The number of aryl methyl sites for hydroxylation is 3. The van der Waals surface area contributed by atoms with Crippen molar-refractivity contribution in [1.29, 1.82) is 0 Å². The number of rotatable bonds is 13. The molecular weight excluding hydrogens is 555 g/mol. The normalized spacial score (nSPS) is 11.9. The SMILES string of the molecule is COC(=O)c1ccc(CCC(/C=C/c2cc(F)ccc2CCc2ccc(OC)cc2)Cc2ccc(-c3nn[nH]n3)cc2)cc1. The van der Waals surface area contributed by atoms with Crippen LogP contribution in [0.3, 0.4) is 0 Å². The molecule has 0 aliphatic carbocycles. The number of carbonyl (C=O) groups is 1. The van der Waals surface area contributed by atoms with Crippen LogP contribution in [0.15, 0.2) is 97.1 Å². The van der Waals surface area contributed by atoms with Gasteiger partial charge in [-0.05, 0) is 107 Å². The van der Waals surface area contributed by atoms with Crippen molar-refractivity contribution in [1.82, 2.24) is 20.6 Å². The van der Waals surface area contributed by atoms with Crippen LogP contribution in [0.25, 0.3) is 17.5 Å². The average Bonchev–Trinajstić information content (AvgIpc) is 3.61. The highest BCUT2D eigenvalue weighted by molar-refractivity contribution is 5.89. The molecule has 4 aromatic carbocycles. The Labute approximate surface area is 256 Å². The van der Waals surface area contributed by atoms with Gasteiger partial charge in [0.25, 0.3) is 0 Å². The standard InChI is InChI=1S/C36H35FN4O3/c1-43-34-21-11-26(12-22-34)5-13-29-19-20-33(37)24-32(29)18-10-27(4-3-25-6-16-31(17-7-25)36(42)44-2)23-28-8-14-30(15-9-28)35-38-40-41-39-35/h6-12,14-22,24,27H,3-5,13,23H2,1-2H3,(H,38,39,40,41)/b18-10+. The van der Waals surface area contributed by atoms with Gasteiger partial charge < -0.3 is 9.47 Å². The second kappa shape index (κ2) is 14.9. The summed E-state index contributed by atoms with van der Waals surface area (Å²) < 4.78 is 24.5. The summed E-state index contributed by atoms with van der Waals surface area (Å²) in [7, 11) is 3.04. The Kier molecular flexibility index (Phi) is 10.3. The Morgan fingerprint density at radius 1 is 0.864 bits per heavy atom. The summed E-state index contributed by atoms with van der Waals surface area (Å²) in [6.07, 6.45) is 8.39. The number of aromatic nitrogens is 4. The Hall–Kier alpha value is -5.11. The number of methoxy groups -OCH3 is 2. The fraction of sp³-hybridized carbons (Fsp3) is 0.222. The highest BCUT2D eigenvalue weighted by Gasteiger charge is 2.11. The van der Waals surface area contributed by atoms with Gasteiger partial charge in [-0.1, -0.05) is 66.7 Å². The molecule has 224 valence electrons. The lowest BCUT2D eigenvalue weighted by molar-refractivity contribution is 0.0600. The third kappa shape index (κ3) is 8.25. The second-order valence-corrected chi connectivity index (χ2v) is 10.7.